The van der Waals surface area contributed by atoms with Gasteiger partial charge in [0.15, 0.2) is 0 Å². The van der Waals surface area contributed by atoms with E-state index in [9.17, 15) is 31.4 Å². The molecule has 0 radical (unpaired) electrons. The Hall–Kier alpha value is -3.62. The van der Waals surface area contributed by atoms with E-state index in [2.05, 4.69) is 9.97 Å². The number of halogens is 6. The molecule has 0 saturated carbocycles. The molecule has 1 N–H and O–H groups in total. The van der Waals surface area contributed by atoms with E-state index >= 15 is 0 Å². The fourth-order valence-electron chi connectivity index (χ4n) is 3.66. The van der Waals surface area contributed by atoms with Crippen LogP contribution >= 0.6 is 0 Å². The van der Waals surface area contributed by atoms with E-state index in [1.54, 1.807) is 24.3 Å². The minimum atomic E-state index is -4.54. The van der Waals surface area contributed by atoms with E-state index in [0.717, 1.165) is 18.2 Å². The maximum Gasteiger partial charge on any atom is 0.417 e. The molecule has 0 amide bonds. The number of pyridine rings is 2. The lowest BCUT2D eigenvalue weighted by atomic mass is 9.85. The SMILES string of the molecule is Oc1c(C(Cc2ccc(C(F)(F)F)cn2)c2ccc(C(F)(F)F)cc2)ccc2cccnc12. The lowest BCUT2D eigenvalue weighted by molar-refractivity contribution is -0.138. The molecule has 2 heterocycles. The number of nitrogens with zero attached hydrogens (tertiary/aromatic N) is 2. The van der Waals surface area contributed by atoms with Crippen molar-refractivity contribution in [2.45, 2.75) is 24.7 Å². The average Bonchev–Trinajstić information content (AvgIpc) is 2.77. The average molecular weight is 462 g/mol. The summed E-state index contributed by atoms with van der Waals surface area (Å²) in [6, 6.07) is 13.3. The summed E-state index contributed by atoms with van der Waals surface area (Å²) in [6.07, 6.45) is -6.80. The number of aromatic hydroxyl groups is 1. The zero-order valence-electron chi connectivity index (χ0n) is 16.8. The standard InChI is InChI=1S/C24H16F6N2O/c25-23(26,27)16-6-3-14(4-7-16)20(12-18-9-8-17(13-32-18)24(28,29)30)19-10-5-15-2-1-11-31-21(15)22(19)33/h1-11,13,20,33H,12H2. The summed E-state index contributed by atoms with van der Waals surface area (Å²) in [6.45, 7) is 0. The summed E-state index contributed by atoms with van der Waals surface area (Å²) >= 11 is 0. The number of phenols is 1. The number of fused-ring (bicyclic) bond motifs is 1. The number of benzene rings is 2. The molecule has 170 valence electrons. The van der Waals surface area contributed by atoms with E-state index in [-0.39, 0.29) is 17.9 Å². The van der Waals surface area contributed by atoms with Crippen LogP contribution in [0.1, 0.15) is 33.9 Å². The molecule has 1 atom stereocenters. The van der Waals surface area contributed by atoms with Gasteiger partial charge in [0.1, 0.15) is 11.3 Å². The lowest BCUT2D eigenvalue weighted by Crippen LogP contribution is -2.10. The summed E-state index contributed by atoms with van der Waals surface area (Å²) in [5.74, 6) is -0.826. The van der Waals surface area contributed by atoms with Crippen LogP contribution in [0.25, 0.3) is 10.9 Å². The van der Waals surface area contributed by atoms with Gasteiger partial charge in [-0.3, -0.25) is 9.97 Å². The van der Waals surface area contributed by atoms with Crippen molar-refractivity contribution in [2.24, 2.45) is 0 Å². The van der Waals surface area contributed by atoms with Gasteiger partial charge >= 0.3 is 12.4 Å². The Balaban J connectivity index is 1.78. The van der Waals surface area contributed by atoms with Crippen molar-refractivity contribution in [1.82, 2.24) is 9.97 Å². The van der Waals surface area contributed by atoms with Crippen molar-refractivity contribution in [3.63, 3.8) is 0 Å². The number of hydrogen-bond donors (Lipinski definition) is 1. The summed E-state index contributed by atoms with van der Waals surface area (Å²) in [5.41, 5.74) is -0.323. The van der Waals surface area contributed by atoms with E-state index in [1.165, 1.54) is 24.4 Å². The number of hydrogen-bond acceptors (Lipinski definition) is 3. The van der Waals surface area contributed by atoms with Gasteiger partial charge < -0.3 is 5.11 Å². The predicted octanol–water partition coefficient (Wildman–Crippen LogP) is 6.75. The topological polar surface area (TPSA) is 46.0 Å². The third-order valence-corrected chi connectivity index (χ3v) is 5.36. The van der Waals surface area contributed by atoms with Gasteiger partial charge in [-0.1, -0.05) is 30.3 Å². The van der Waals surface area contributed by atoms with Crippen molar-refractivity contribution < 1.29 is 31.4 Å². The third kappa shape index (κ3) is 4.76. The molecule has 0 bridgehead atoms. The van der Waals surface area contributed by atoms with Crippen LogP contribution < -0.4 is 0 Å². The summed E-state index contributed by atoms with van der Waals surface area (Å²) in [4.78, 5) is 8.06. The molecule has 3 nitrogen and oxygen atoms in total. The Morgan fingerprint density at radius 3 is 2.03 bits per heavy atom. The van der Waals surface area contributed by atoms with Gasteiger partial charge in [-0.05, 0) is 35.9 Å². The molecule has 2 aromatic carbocycles. The van der Waals surface area contributed by atoms with Crippen LogP contribution in [0, 0.1) is 0 Å². The van der Waals surface area contributed by atoms with Crippen molar-refractivity contribution in [1.29, 1.82) is 0 Å². The van der Waals surface area contributed by atoms with Gasteiger partial charge in [0, 0.05) is 41.4 Å². The number of aromatic nitrogens is 2. The Labute approximate surface area is 184 Å². The van der Waals surface area contributed by atoms with Gasteiger partial charge in [0.2, 0.25) is 0 Å². The van der Waals surface area contributed by atoms with E-state index in [1.807, 2.05) is 0 Å². The number of rotatable bonds is 4. The summed E-state index contributed by atoms with van der Waals surface area (Å²) in [7, 11) is 0. The normalized spacial score (nSPS) is 13.3. The molecule has 1 unspecified atom stereocenters. The smallest absolute Gasteiger partial charge is 0.417 e. The lowest BCUT2D eigenvalue weighted by Gasteiger charge is -2.20. The second-order valence-electron chi connectivity index (χ2n) is 7.49. The van der Waals surface area contributed by atoms with Crippen LogP contribution in [0.4, 0.5) is 26.3 Å². The van der Waals surface area contributed by atoms with Gasteiger partial charge in [-0.25, -0.2) is 0 Å². The Morgan fingerprint density at radius 1 is 0.758 bits per heavy atom. The summed E-state index contributed by atoms with van der Waals surface area (Å²) < 4.78 is 77.7. The van der Waals surface area contributed by atoms with Crippen molar-refractivity contribution in [3.8, 4) is 5.75 Å². The maximum absolute atomic E-state index is 13.0. The molecular formula is C24H16F6N2O. The second kappa shape index (κ2) is 8.38. The van der Waals surface area contributed by atoms with Crippen LogP contribution in [-0.2, 0) is 18.8 Å². The molecule has 0 saturated heterocycles. The minimum Gasteiger partial charge on any atom is -0.505 e. The molecule has 0 spiro atoms. The first-order valence-corrected chi connectivity index (χ1v) is 9.80. The van der Waals surface area contributed by atoms with Crippen LogP contribution in [0.2, 0.25) is 0 Å². The van der Waals surface area contributed by atoms with Crippen LogP contribution in [0.15, 0.2) is 73.1 Å². The highest BCUT2D eigenvalue weighted by Gasteiger charge is 2.32. The quantitative estimate of drug-likeness (QED) is 0.342. The zero-order chi connectivity index (χ0) is 23.8. The fourth-order valence-corrected chi connectivity index (χ4v) is 3.66. The van der Waals surface area contributed by atoms with E-state index in [0.29, 0.717) is 28.2 Å². The van der Waals surface area contributed by atoms with Crippen LogP contribution in [-0.4, -0.2) is 15.1 Å². The Kier molecular flexibility index (Phi) is 5.73. The number of alkyl halides is 6. The van der Waals surface area contributed by atoms with Gasteiger partial charge in [0.25, 0.3) is 0 Å². The molecule has 2 aromatic heterocycles. The second-order valence-corrected chi connectivity index (χ2v) is 7.49. The number of phenolic OH excluding ortho intramolecular Hbond substituents is 1. The van der Waals surface area contributed by atoms with Crippen LogP contribution in [0.3, 0.4) is 0 Å². The van der Waals surface area contributed by atoms with Crippen molar-refractivity contribution in [3.05, 3.63) is 101 Å². The van der Waals surface area contributed by atoms with Gasteiger partial charge in [-0.15, -0.1) is 0 Å². The molecule has 33 heavy (non-hydrogen) atoms. The highest BCUT2D eigenvalue weighted by Crippen LogP contribution is 2.39. The van der Waals surface area contributed by atoms with Gasteiger partial charge in [0.05, 0.1) is 11.1 Å². The highest BCUT2D eigenvalue weighted by atomic mass is 19.4. The fraction of sp³-hybridized carbons (Fsp3) is 0.167. The Bertz CT molecular complexity index is 1270. The largest absolute Gasteiger partial charge is 0.505 e. The van der Waals surface area contributed by atoms with Gasteiger partial charge in [-0.2, -0.15) is 26.3 Å². The van der Waals surface area contributed by atoms with Crippen LogP contribution in [0.5, 0.6) is 5.75 Å². The first kappa shape index (κ1) is 22.6. The Morgan fingerprint density at radius 2 is 1.42 bits per heavy atom. The molecule has 4 rings (SSSR count). The third-order valence-electron chi connectivity index (χ3n) is 5.36. The first-order valence-electron chi connectivity index (χ1n) is 9.80. The zero-order valence-corrected chi connectivity index (χ0v) is 16.8. The molecule has 0 fully saturated rings. The minimum absolute atomic E-state index is 0.0510. The first-order chi connectivity index (χ1) is 15.5. The molecule has 0 aliphatic carbocycles. The highest BCUT2D eigenvalue weighted by molar-refractivity contribution is 5.85. The van der Waals surface area contributed by atoms with E-state index < -0.39 is 29.4 Å². The monoisotopic (exact) mass is 462 g/mol. The van der Waals surface area contributed by atoms with Crippen molar-refractivity contribution in [2.75, 3.05) is 0 Å². The molecule has 9 heteroatoms. The molecular weight excluding hydrogens is 446 g/mol. The molecule has 0 aliphatic heterocycles. The molecule has 0 aliphatic rings. The molecule has 4 aromatic rings. The maximum atomic E-state index is 13.0. The van der Waals surface area contributed by atoms with Crippen molar-refractivity contribution >= 4 is 10.9 Å². The summed E-state index contributed by atoms with van der Waals surface area (Å²) in [5, 5.41) is 11.5. The predicted molar refractivity (Wildman–Crippen MR) is 110 cm³/mol. The van der Waals surface area contributed by atoms with E-state index in [4.69, 9.17) is 0 Å².